The van der Waals surface area contributed by atoms with Gasteiger partial charge in [0.25, 0.3) is 0 Å². The number of fused-ring (bicyclic) bond motifs is 1. The number of hydrogen-bond acceptors (Lipinski definition) is 6. The number of nitrogens with one attached hydrogen (secondary N) is 1. The summed E-state index contributed by atoms with van der Waals surface area (Å²) >= 11 is 0. The van der Waals surface area contributed by atoms with Crippen molar-refractivity contribution in [1.82, 2.24) is 15.1 Å². The number of aromatic nitrogens is 3. The number of anilines is 1. The monoisotopic (exact) mass is 432 g/mol. The van der Waals surface area contributed by atoms with E-state index in [2.05, 4.69) is 25.0 Å². The Morgan fingerprint density at radius 2 is 2.03 bits per heavy atom. The third-order valence-electron chi connectivity index (χ3n) is 4.99. The van der Waals surface area contributed by atoms with E-state index < -0.39 is 18.2 Å². The van der Waals surface area contributed by atoms with Gasteiger partial charge in [0.2, 0.25) is 5.82 Å². The van der Waals surface area contributed by atoms with Crippen LogP contribution in [-0.2, 0) is 30.4 Å². The highest BCUT2D eigenvalue weighted by Crippen LogP contribution is 2.30. The van der Waals surface area contributed by atoms with Crippen LogP contribution in [0.1, 0.15) is 41.1 Å². The van der Waals surface area contributed by atoms with Crippen molar-refractivity contribution < 1.29 is 27.2 Å². The lowest BCUT2D eigenvalue weighted by Gasteiger charge is -2.15. The van der Waals surface area contributed by atoms with Gasteiger partial charge >= 0.3 is 18.2 Å². The number of halogens is 3. The van der Waals surface area contributed by atoms with Crippen LogP contribution in [0.25, 0.3) is 11.4 Å². The number of amides is 1. The molecule has 1 aliphatic carbocycles. The Morgan fingerprint density at radius 1 is 1.23 bits per heavy atom. The lowest BCUT2D eigenvalue weighted by atomic mass is 9.95. The number of pyridine rings is 1. The van der Waals surface area contributed by atoms with E-state index in [0.717, 1.165) is 36.9 Å². The van der Waals surface area contributed by atoms with Gasteiger partial charge in [-0.15, -0.1) is 0 Å². The fourth-order valence-corrected chi connectivity index (χ4v) is 3.41. The molecule has 1 aliphatic rings. The van der Waals surface area contributed by atoms with Gasteiger partial charge in [-0.25, -0.2) is 4.79 Å². The molecule has 0 spiro atoms. The Morgan fingerprint density at radius 3 is 2.77 bits per heavy atom. The number of rotatable bonds is 4. The van der Waals surface area contributed by atoms with E-state index in [9.17, 15) is 18.0 Å². The largest absolute Gasteiger partial charge is 0.471 e. The van der Waals surface area contributed by atoms with Crippen LogP contribution in [0.2, 0.25) is 0 Å². The summed E-state index contributed by atoms with van der Waals surface area (Å²) in [6, 6.07) is 6.60. The summed E-state index contributed by atoms with van der Waals surface area (Å²) in [5.41, 5.74) is 4.52. The molecule has 0 bridgehead atoms. The minimum absolute atomic E-state index is 0.0896. The van der Waals surface area contributed by atoms with Gasteiger partial charge in [-0.1, -0.05) is 5.16 Å². The van der Waals surface area contributed by atoms with E-state index in [0.29, 0.717) is 16.8 Å². The maximum Gasteiger partial charge on any atom is 0.471 e. The summed E-state index contributed by atoms with van der Waals surface area (Å²) in [4.78, 5) is 20.0. The second-order valence-corrected chi connectivity index (χ2v) is 7.31. The van der Waals surface area contributed by atoms with Crippen molar-refractivity contribution in [2.75, 3.05) is 5.32 Å². The molecule has 2 aromatic heterocycles. The van der Waals surface area contributed by atoms with Crippen LogP contribution in [0.3, 0.4) is 0 Å². The molecule has 0 saturated heterocycles. The van der Waals surface area contributed by atoms with Crippen molar-refractivity contribution in [3.8, 4) is 11.4 Å². The average Bonchev–Trinajstić information content (AvgIpc) is 3.24. The third-order valence-corrected chi connectivity index (χ3v) is 4.99. The van der Waals surface area contributed by atoms with Crippen molar-refractivity contribution in [2.45, 2.75) is 45.4 Å². The minimum Gasteiger partial charge on any atom is -0.444 e. The van der Waals surface area contributed by atoms with Crippen LogP contribution < -0.4 is 5.32 Å². The van der Waals surface area contributed by atoms with Gasteiger partial charge in [-0.05, 0) is 68.0 Å². The molecule has 2 heterocycles. The lowest BCUT2D eigenvalue weighted by molar-refractivity contribution is -0.159. The van der Waals surface area contributed by atoms with E-state index >= 15 is 0 Å². The molecule has 0 atom stereocenters. The van der Waals surface area contributed by atoms with E-state index in [1.54, 1.807) is 19.2 Å². The zero-order valence-corrected chi connectivity index (χ0v) is 16.6. The normalized spacial score (nSPS) is 13.5. The molecule has 0 fully saturated rings. The second kappa shape index (κ2) is 8.37. The molecule has 1 amide bonds. The zero-order chi connectivity index (χ0) is 22.0. The maximum absolute atomic E-state index is 12.6. The fraction of sp³-hybridized carbons (Fsp3) is 0.333. The highest BCUT2D eigenvalue weighted by molar-refractivity contribution is 5.86. The standard InChI is InChI=1S/C21H19F3N4O3/c1-12-8-15(18-27-19(31-28-18)21(22,23)24)6-7-16(12)26-20(29)30-11-13-9-14-4-2-3-5-17(14)25-10-13/h6-10H,2-5,11H2,1H3,(H,26,29). The summed E-state index contributed by atoms with van der Waals surface area (Å²) in [5.74, 6) is -1.60. The first kappa shape index (κ1) is 20.8. The predicted octanol–water partition coefficient (Wildman–Crippen LogP) is 5.09. The van der Waals surface area contributed by atoms with Crippen LogP contribution >= 0.6 is 0 Å². The molecule has 0 aliphatic heterocycles. The molecule has 4 rings (SSSR count). The zero-order valence-electron chi connectivity index (χ0n) is 16.6. The molecule has 3 aromatic rings. The van der Waals surface area contributed by atoms with Crippen molar-refractivity contribution in [3.05, 3.63) is 58.7 Å². The van der Waals surface area contributed by atoms with Crippen molar-refractivity contribution >= 4 is 11.8 Å². The van der Waals surface area contributed by atoms with Crippen LogP contribution in [0.4, 0.5) is 23.7 Å². The van der Waals surface area contributed by atoms with Gasteiger partial charge in [0.15, 0.2) is 0 Å². The van der Waals surface area contributed by atoms with Crippen molar-refractivity contribution in [1.29, 1.82) is 0 Å². The van der Waals surface area contributed by atoms with Crippen LogP contribution in [-0.4, -0.2) is 21.2 Å². The molecular weight excluding hydrogens is 413 g/mol. The second-order valence-electron chi connectivity index (χ2n) is 7.31. The van der Waals surface area contributed by atoms with Gasteiger partial charge in [0.1, 0.15) is 6.61 Å². The molecule has 31 heavy (non-hydrogen) atoms. The van der Waals surface area contributed by atoms with E-state index in [1.165, 1.54) is 17.7 Å². The highest BCUT2D eigenvalue weighted by atomic mass is 19.4. The quantitative estimate of drug-likeness (QED) is 0.618. The Hall–Kier alpha value is -3.43. The van der Waals surface area contributed by atoms with Gasteiger partial charge in [-0.3, -0.25) is 10.3 Å². The third kappa shape index (κ3) is 4.84. The Kier molecular flexibility index (Phi) is 5.62. The summed E-state index contributed by atoms with van der Waals surface area (Å²) in [6.07, 6.45) is 0.610. The summed E-state index contributed by atoms with van der Waals surface area (Å²) < 4.78 is 47.4. The van der Waals surface area contributed by atoms with Crippen LogP contribution in [0.5, 0.6) is 0 Å². The number of ether oxygens (including phenoxy) is 1. The number of carbonyl (C=O) groups excluding carboxylic acids is 1. The minimum atomic E-state index is -4.71. The molecular formula is C21H19F3N4O3. The first-order valence-corrected chi connectivity index (χ1v) is 9.72. The summed E-state index contributed by atoms with van der Waals surface area (Å²) in [7, 11) is 0. The average molecular weight is 432 g/mol. The SMILES string of the molecule is Cc1cc(-c2noc(C(F)(F)F)n2)ccc1NC(=O)OCc1cnc2c(c1)CCCC2. The van der Waals surface area contributed by atoms with Gasteiger partial charge in [0.05, 0.1) is 0 Å². The molecule has 7 nitrogen and oxygen atoms in total. The number of alkyl halides is 3. The van der Waals surface area contributed by atoms with Crippen molar-refractivity contribution in [2.24, 2.45) is 0 Å². The molecule has 162 valence electrons. The lowest BCUT2D eigenvalue weighted by Crippen LogP contribution is -2.15. The summed E-state index contributed by atoms with van der Waals surface area (Å²) in [5, 5.41) is 5.98. The number of carbonyl (C=O) groups is 1. The van der Waals surface area contributed by atoms with Gasteiger partial charge in [-0.2, -0.15) is 18.2 Å². The fourth-order valence-electron chi connectivity index (χ4n) is 3.41. The Labute approximate surface area is 175 Å². The Bertz CT molecular complexity index is 1110. The molecule has 1 aromatic carbocycles. The number of hydrogen-bond donors (Lipinski definition) is 1. The number of aryl methyl sites for hydroxylation is 3. The van der Waals surface area contributed by atoms with Gasteiger partial charge in [0, 0.05) is 28.7 Å². The molecule has 0 saturated carbocycles. The number of nitrogens with zero attached hydrogens (tertiary/aromatic N) is 3. The topological polar surface area (TPSA) is 90.1 Å². The molecule has 10 heteroatoms. The molecule has 0 radical (unpaired) electrons. The molecule has 1 N–H and O–H groups in total. The summed E-state index contributed by atoms with van der Waals surface area (Å²) in [6.45, 7) is 1.78. The van der Waals surface area contributed by atoms with Crippen LogP contribution in [0.15, 0.2) is 35.0 Å². The predicted molar refractivity (Wildman–Crippen MR) is 104 cm³/mol. The van der Waals surface area contributed by atoms with E-state index in [1.807, 2.05) is 6.07 Å². The molecule has 0 unspecified atom stereocenters. The maximum atomic E-state index is 12.6. The first-order valence-electron chi connectivity index (χ1n) is 9.72. The van der Waals surface area contributed by atoms with Crippen molar-refractivity contribution in [3.63, 3.8) is 0 Å². The highest BCUT2D eigenvalue weighted by Gasteiger charge is 2.38. The Balaban J connectivity index is 1.38. The van der Waals surface area contributed by atoms with Crippen LogP contribution in [0, 0.1) is 6.92 Å². The van der Waals surface area contributed by atoms with E-state index in [4.69, 9.17) is 4.74 Å². The first-order chi connectivity index (χ1) is 14.8. The number of benzene rings is 1. The van der Waals surface area contributed by atoms with Gasteiger partial charge < -0.3 is 9.26 Å². The van der Waals surface area contributed by atoms with E-state index in [-0.39, 0.29) is 12.4 Å². The smallest absolute Gasteiger partial charge is 0.444 e.